The zero-order valence-corrected chi connectivity index (χ0v) is 11.8. The Labute approximate surface area is 110 Å². The number of thioether (sulfide) groups is 1. The molecule has 0 saturated carbocycles. The van der Waals surface area contributed by atoms with Crippen molar-refractivity contribution in [2.24, 2.45) is 7.05 Å². The van der Waals surface area contributed by atoms with Gasteiger partial charge in [0.05, 0.1) is 15.9 Å². The molecule has 1 aromatic rings. The number of nitrogens with zero attached hydrogens (tertiary/aromatic N) is 2. The van der Waals surface area contributed by atoms with Gasteiger partial charge in [0.15, 0.2) is 0 Å². The topological polar surface area (TPSA) is 29.9 Å². The van der Waals surface area contributed by atoms with Crippen LogP contribution in [0.15, 0.2) is 4.47 Å². The maximum Gasteiger partial charge on any atom is 0.441 e. The summed E-state index contributed by atoms with van der Waals surface area (Å²) in [5.41, 5.74) is -2.35. The number of aryl methyl sites for hydroxylation is 2. The van der Waals surface area contributed by atoms with Crippen molar-refractivity contribution in [3.8, 4) is 0 Å². The van der Waals surface area contributed by atoms with E-state index in [1.54, 1.807) is 11.7 Å². The van der Waals surface area contributed by atoms with Crippen LogP contribution >= 0.6 is 27.7 Å². The van der Waals surface area contributed by atoms with Crippen molar-refractivity contribution in [3.63, 3.8) is 0 Å². The van der Waals surface area contributed by atoms with Crippen LogP contribution in [0.25, 0.3) is 0 Å². The highest BCUT2D eigenvalue weighted by molar-refractivity contribution is 9.10. The minimum Gasteiger partial charge on any atom is -0.310 e. The zero-order valence-electron chi connectivity index (χ0n) is 9.44. The molecule has 1 aromatic heterocycles. The third-order valence-corrected chi connectivity index (χ3v) is 3.87. The van der Waals surface area contributed by atoms with Gasteiger partial charge in [-0.2, -0.15) is 18.3 Å². The summed E-state index contributed by atoms with van der Waals surface area (Å²) in [5.74, 6) is 0.0119. The average Bonchev–Trinajstić information content (AvgIpc) is 2.42. The number of hydrogen-bond acceptors (Lipinski definition) is 3. The van der Waals surface area contributed by atoms with Gasteiger partial charge in [-0.3, -0.25) is 4.68 Å². The standard InChI is InChI=1S/C9H13BrF3N3S/c1-6-8(10)7(16(2)15-6)5-14-3-4-17-9(11,12)13/h14H,3-5H2,1-2H3. The first kappa shape index (κ1) is 14.8. The molecule has 0 radical (unpaired) electrons. The van der Waals surface area contributed by atoms with Crippen molar-refractivity contribution in [2.45, 2.75) is 19.0 Å². The highest BCUT2D eigenvalue weighted by atomic mass is 79.9. The van der Waals surface area contributed by atoms with Gasteiger partial charge in [0, 0.05) is 25.9 Å². The van der Waals surface area contributed by atoms with Crippen molar-refractivity contribution in [1.82, 2.24) is 15.1 Å². The van der Waals surface area contributed by atoms with Crippen LogP contribution in [0.2, 0.25) is 0 Å². The van der Waals surface area contributed by atoms with Crippen LogP contribution in [-0.4, -0.2) is 27.6 Å². The van der Waals surface area contributed by atoms with Crippen LogP contribution in [0, 0.1) is 6.92 Å². The van der Waals surface area contributed by atoms with Crippen molar-refractivity contribution in [1.29, 1.82) is 0 Å². The third kappa shape index (κ3) is 4.89. The van der Waals surface area contributed by atoms with Crippen LogP contribution in [0.4, 0.5) is 13.2 Å². The van der Waals surface area contributed by atoms with E-state index in [-0.39, 0.29) is 17.5 Å². The van der Waals surface area contributed by atoms with E-state index < -0.39 is 5.51 Å². The first-order chi connectivity index (χ1) is 7.81. The quantitative estimate of drug-likeness (QED) is 0.841. The molecular formula is C9H13BrF3N3S. The Kier molecular flexibility index (Phi) is 5.33. The maximum atomic E-state index is 11.9. The van der Waals surface area contributed by atoms with Crippen molar-refractivity contribution in [2.75, 3.05) is 12.3 Å². The molecule has 1 heterocycles. The normalized spacial score (nSPS) is 12.1. The highest BCUT2D eigenvalue weighted by Crippen LogP contribution is 2.29. The maximum absolute atomic E-state index is 11.9. The molecule has 98 valence electrons. The molecule has 0 atom stereocenters. The Morgan fingerprint density at radius 2 is 2.12 bits per heavy atom. The van der Waals surface area contributed by atoms with Gasteiger partial charge in [-0.1, -0.05) is 0 Å². The summed E-state index contributed by atoms with van der Waals surface area (Å²) in [6.45, 7) is 2.67. The lowest BCUT2D eigenvalue weighted by Gasteiger charge is -2.07. The molecule has 0 amide bonds. The molecule has 0 fully saturated rings. The molecule has 1 rings (SSSR count). The average molecular weight is 332 g/mol. The van der Waals surface area contributed by atoms with Crippen LogP contribution < -0.4 is 5.32 Å². The summed E-state index contributed by atoms with van der Waals surface area (Å²) in [4.78, 5) is 0. The molecule has 0 aliphatic heterocycles. The molecule has 0 saturated heterocycles. The van der Waals surface area contributed by atoms with Gasteiger partial charge in [0.25, 0.3) is 0 Å². The Morgan fingerprint density at radius 3 is 2.59 bits per heavy atom. The zero-order chi connectivity index (χ0) is 13.1. The first-order valence-corrected chi connectivity index (χ1v) is 6.68. The van der Waals surface area contributed by atoms with Gasteiger partial charge < -0.3 is 5.32 Å². The summed E-state index contributed by atoms with van der Waals surface area (Å²) in [7, 11) is 1.80. The Hall–Kier alpha value is -0.210. The molecule has 0 bridgehead atoms. The van der Waals surface area contributed by atoms with Gasteiger partial charge in [-0.15, -0.1) is 0 Å². The predicted molar refractivity (Wildman–Crippen MR) is 65.9 cm³/mol. The van der Waals surface area contributed by atoms with Gasteiger partial charge in [0.2, 0.25) is 0 Å². The van der Waals surface area contributed by atoms with Crippen molar-refractivity contribution in [3.05, 3.63) is 15.9 Å². The number of hydrogen-bond donors (Lipinski definition) is 1. The number of alkyl halides is 3. The van der Waals surface area contributed by atoms with E-state index in [0.29, 0.717) is 13.1 Å². The lowest BCUT2D eigenvalue weighted by atomic mass is 10.3. The number of nitrogens with one attached hydrogen (secondary N) is 1. The van der Waals surface area contributed by atoms with E-state index in [1.165, 1.54) is 0 Å². The molecule has 0 aromatic carbocycles. The van der Waals surface area contributed by atoms with Crippen molar-refractivity contribution < 1.29 is 13.2 Å². The first-order valence-electron chi connectivity index (χ1n) is 4.90. The number of rotatable bonds is 5. The smallest absolute Gasteiger partial charge is 0.310 e. The van der Waals surface area contributed by atoms with Crippen LogP contribution in [0.5, 0.6) is 0 Å². The van der Waals surface area contributed by atoms with E-state index in [0.717, 1.165) is 15.9 Å². The fourth-order valence-corrected chi connectivity index (χ4v) is 2.27. The summed E-state index contributed by atoms with van der Waals surface area (Å²) < 4.78 is 38.2. The molecule has 3 nitrogen and oxygen atoms in total. The molecule has 0 aliphatic carbocycles. The summed E-state index contributed by atoms with van der Waals surface area (Å²) in [5, 5.41) is 7.15. The van der Waals surface area contributed by atoms with E-state index in [9.17, 15) is 13.2 Å². The molecule has 0 unspecified atom stereocenters. The lowest BCUT2D eigenvalue weighted by Crippen LogP contribution is -2.20. The summed E-state index contributed by atoms with van der Waals surface area (Å²) >= 11 is 3.38. The summed E-state index contributed by atoms with van der Waals surface area (Å²) in [6.07, 6.45) is 0. The van der Waals surface area contributed by atoms with Gasteiger partial charge in [-0.25, -0.2) is 0 Å². The molecule has 0 aliphatic rings. The predicted octanol–water partition coefficient (Wildman–Crippen LogP) is 2.83. The second-order valence-corrected chi connectivity index (χ2v) is 5.39. The van der Waals surface area contributed by atoms with E-state index >= 15 is 0 Å². The van der Waals surface area contributed by atoms with Gasteiger partial charge >= 0.3 is 5.51 Å². The Morgan fingerprint density at radius 1 is 1.47 bits per heavy atom. The second kappa shape index (κ2) is 6.10. The largest absolute Gasteiger partial charge is 0.441 e. The lowest BCUT2D eigenvalue weighted by molar-refractivity contribution is -0.0327. The van der Waals surface area contributed by atoms with E-state index in [4.69, 9.17) is 0 Å². The summed E-state index contributed by atoms with van der Waals surface area (Å²) in [6, 6.07) is 0. The fraction of sp³-hybridized carbons (Fsp3) is 0.667. The van der Waals surface area contributed by atoms with E-state index in [1.807, 2.05) is 6.92 Å². The minimum atomic E-state index is -4.15. The third-order valence-electron chi connectivity index (χ3n) is 2.10. The molecule has 17 heavy (non-hydrogen) atoms. The van der Waals surface area contributed by atoms with E-state index in [2.05, 4.69) is 26.3 Å². The molecule has 0 spiro atoms. The van der Waals surface area contributed by atoms with Crippen LogP contribution in [0.3, 0.4) is 0 Å². The van der Waals surface area contributed by atoms with Gasteiger partial charge in [0.1, 0.15) is 0 Å². The minimum absolute atomic E-state index is 0.0119. The second-order valence-electron chi connectivity index (χ2n) is 3.44. The van der Waals surface area contributed by atoms with Crippen molar-refractivity contribution >= 4 is 27.7 Å². The molecule has 1 N–H and O–H groups in total. The number of halogens is 4. The Bertz CT molecular complexity index is 378. The fourth-order valence-electron chi connectivity index (χ4n) is 1.32. The van der Waals surface area contributed by atoms with Crippen LogP contribution in [-0.2, 0) is 13.6 Å². The molecule has 8 heteroatoms. The number of aromatic nitrogens is 2. The van der Waals surface area contributed by atoms with Gasteiger partial charge in [-0.05, 0) is 34.6 Å². The monoisotopic (exact) mass is 331 g/mol. The SMILES string of the molecule is Cc1nn(C)c(CNCCSC(F)(F)F)c1Br. The highest BCUT2D eigenvalue weighted by Gasteiger charge is 2.27. The van der Waals surface area contributed by atoms with Crippen LogP contribution in [0.1, 0.15) is 11.4 Å². The molecular weight excluding hydrogens is 319 g/mol. The Balaban J connectivity index is 2.32.